The van der Waals surface area contributed by atoms with Crippen LogP contribution in [0.4, 0.5) is 0 Å². The molecule has 7 nitrogen and oxygen atoms in total. The number of carbonyl (C=O) groups is 2. The summed E-state index contributed by atoms with van der Waals surface area (Å²) in [5, 5.41) is 0. The van der Waals surface area contributed by atoms with Crippen molar-refractivity contribution in [3.8, 4) is 0 Å². The van der Waals surface area contributed by atoms with E-state index in [4.69, 9.17) is 5.73 Å². The van der Waals surface area contributed by atoms with E-state index < -0.39 is 6.04 Å². The van der Waals surface area contributed by atoms with Crippen LogP contribution in [0.5, 0.6) is 0 Å². The van der Waals surface area contributed by atoms with Gasteiger partial charge in [0.1, 0.15) is 6.04 Å². The average Bonchev–Trinajstić information content (AvgIpc) is 3.64. The summed E-state index contributed by atoms with van der Waals surface area (Å²) < 4.78 is 0. The number of hydrogen-bond acceptors (Lipinski definition) is 4. The van der Waals surface area contributed by atoms with Crippen LogP contribution in [-0.2, 0) is 4.79 Å². The number of imidazole rings is 1. The summed E-state index contributed by atoms with van der Waals surface area (Å²) >= 11 is 0. The summed E-state index contributed by atoms with van der Waals surface area (Å²) in [5.74, 6) is 0.461. The van der Waals surface area contributed by atoms with Crippen LogP contribution >= 0.6 is 0 Å². The van der Waals surface area contributed by atoms with Gasteiger partial charge in [0, 0.05) is 37.5 Å². The van der Waals surface area contributed by atoms with Gasteiger partial charge >= 0.3 is 0 Å². The number of nitrogens with zero attached hydrogens (tertiary/aromatic N) is 3. The fourth-order valence-electron chi connectivity index (χ4n) is 5.24. The zero-order chi connectivity index (χ0) is 23.7. The van der Waals surface area contributed by atoms with E-state index in [9.17, 15) is 9.59 Å². The van der Waals surface area contributed by atoms with Crippen molar-refractivity contribution in [2.24, 2.45) is 5.73 Å². The minimum absolute atomic E-state index is 0.0317. The number of benzene rings is 2. The largest absolute Gasteiger partial charge is 0.340 e. The molecule has 3 N–H and O–H groups in total. The average molecular weight is 458 g/mol. The number of likely N-dealkylation sites (tertiary alicyclic amines) is 2. The first-order valence-corrected chi connectivity index (χ1v) is 12.0. The van der Waals surface area contributed by atoms with Crippen LogP contribution in [0.25, 0.3) is 0 Å². The molecule has 4 unspecified atom stereocenters. The molecule has 2 saturated heterocycles. The maximum Gasteiger partial charge on any atom is 0.290 e. The lowest BCUT2D eigenvalue weighted by molar-refractivity contribution is -0.134. The van der Waals surface area contributed by atoms with Gasteiger partial charge in [-0.25, -0.2) is 4.98 Å². The van der Waals surface area contributed by atoms with Crippen molar-refractivity contribution < 1.29 is 9.59 Å². The number of hydrogen-bond donors (Lipinski definition) is 2. The molecule has 1 aromatic heterocycles. The second-order valence-corrected chi connectivity index (χ2v) is 9.47. The molecule has 5 rings (SSSR count). The Hall–Kier alpha value is -3.45. The van der Waals surface area contributed by atoms with Crippen molar-refractivity contribution in [2.45, 2.75) is 43.7 Å². The number of aromatic amines is 1. The van der Waals surface area contributed by atoms with Gasteiger partial charge < -0.3 is 20.5 Å². The van der Waals surface area contributed by atoms with Crippen molar-refractivity contribution in [1.29, 1.82) is 0 Å². The third kappa shape index (κ3) is 4.35. The Bertz CT molecular complexity index is 1140. The number of carbonyl (C=O) groups excluding carboxylic acids is 2. The minimum atomic E-state index is -0.504. The molecule has 34 heavy (non-hydrogen) atoms. The van der Waals surface area contributed by atoms with E-state index in [-0.39, 0.29) is 29.6 Å². The van der Waals surface area contributed by atoms with Crippen molar-refractivity contribution >= 4 is 11.8 Å². The first-order valence-electron chi connectivity index (χ1n) is 12.0. The Balaban J connectivity index is 1.38. The molecule has 0 spiro atoms. The maximum atomic E-state index is 13.7. The molecule has 0 bridgehead atoms. The van der Waals surface area contributed by atoms with Crippen LogP contribution in [0.1, 0.15) is 65.1 Å². The topological polar surface area (TPSA) is 95.3 Å². The zero-order valence-corrected chi connectivity index (χ0v) is 19.4. The standard InChI is InChI=1S/C27H31N5O2/c1-18(28)23-15-29-25(30-23)27(34)32-17-22(20-10-6-3-7-11-20)14-24(32)26(33)31-13-12-21(16-31)19-8-4-2-5-9-19/h2-11,15,18,21-22,24H,12-14,16-17,28H2,1H3,(H,29,30). The smallest absolute Gasteiger partial charge is 0.290 e. The second-order valence-electron chi connectivity index (χ2n) is 9.47. The van der Waals surface area contributed by atoms with Crippen molar-refractivity contribution in [1.82, 2.24) is 19.8 Å². The van der Waals surface area contributed by atoms with Gasteiger partial charge in [0.15, 0.2) is 5.82 Å². The van der Waals surface area contributed by atoms with Crippen LogP contribution in [0, 0.1) is 0 Å². The highest BCUT2D eigenvalue weighted by molar-refractivity contribution is 5.95. The molecule has 0 radical (unpaired) electrons. The summed E-state index contributed by atoms with van der Waals surface area (Å²) in [6.45, 7) is 3.73. The summed E-state index contributed by atoms with van der Waals surface area (Å²) in [7, 11) is 0. The van der Waals surface area contributed by atoms with Crippen LogP contribution < -0.4 is 5.73 Å². The van der Waals surface area contributed by atoms with Crippen LogP contribution in [-0.4, -0.2) is 57.3 Å². The number of nitrogens with one attached hydrogen (secondary N) is 1. The molecule has 176 valence electrons. The van der Waals surface area contributed by atoms with E-state index in [1.54, 1.807) is 11.1 Å². The summed E-state index contributed by atoms with van der Waals surface area (Å²) in [6.07, 6.45) is 3.15. The molecule has 7 heteroatoms. The predicted molar refractivity (Wildman–Crippen MR) is 130 cm³/mol. The summed E-state index contributed by atoms with van der Waals surface area (Å²) in [6, 6.07) is 19.7. The van der Waals surface area contributed by atoms with Gasteiger partial charge in [0.25, 0.3) is 5.91 Å². The van der Waals surface area contributed by atoms with E-state index in [1.807, 2.05) is 48.2 Å². The fraction of sp³-hybridized carbons (Fsp3) is 0.370. The first kappa shape index (κ1) is 22.3. The Labute approximate surface area is 200 Å². The van der Waals surface area contributed by atoms with E-state index in [2.05, 4.69) is 34.2 Å². The SMILES string of the molecule is CC(N)c1cnc(C(=O)N2CC(c3ccccc3)CC2C(=O)N2CCC(c3ccccc3)C2)[nH]1. The Kier molecular flexibility index (Phi) is 6.20. The van der Waals surface area contributed by atoms with Gasteiger partial charge in [-0.2, -0.15) is 0 Å². The number of aromatic nitrogens is 2. The van der Waals surface area contributed by atoms with Gasteiger partial charge in [-0.1, -0.05) is 60.7 Å². The second kappa shape index (κ2) is 9.43. The Morgan fingerprint density at radius 3 is 2.26 bits per heavy atom. The van der Waals surface area contributed by atoms with Gasteiger partial charge in [-0.15, -0.1) is 0 Å². The van der Waals surface area contributed by atoms with Gasteiger partial charge in [0.05, 0.1) is 11.9 Å². The Morgan fingerprint density at radius 2 is 1.65 bits per heavy atom. The van der Waals surface area contributed by atoms with Gasteiger partial charge in [-0.3, -0.25) is 9.59 Å². The van der Waals surface area contributed by atoms with E-state index in [0.29, 0.717) is 37.7 Å². The monoisotopic (exact) mass is 457 g/mol. The van der Waals surface area contributed by atoms with Crippen molar-refractivity contribution in [3.05, 3.63) is 89.5 Å². The summed E-state index contributed by atoms with van der Waals surface area (Å²) in [5.41, 5.74) is 9.06. The number of rotatable bonds is 5. The highest BCUT2D eigenvalue weighted by Gasteiger charge is 2.44. The number of nitrogens with two attached hydrogens (primary N) is 1. The highest BCUT2D eigenvalue weighted by Crippen LogP contribution is 2.35. The molecule has 2 aliphatic heterocycles. The molecule has 0 saturated carbocycles. The molecule has 2 fully saturated rings. The molecule has 2 aliphatic rings. The molecule has 0 aliphatic carbocycles. The number of H-pyrrole nitrogens is 1. The molecule has 4 atom stereocenters. The molecular formula is C27H31N5O2. The Morgan fingerprint density at radius 1 is 1.00 bits per heavy atom. The van der Waals surface area contributed by atoms with Crippen molar-refractivity contribution in [3.63, 3.8) is 0 Å². The molecule has 3 aromatic rings. The van der Waals surface area contributed by atoms with E-state index >= 15 is 0 Å². The molecule has 2 amide bonds. The van der Waals surface area contributed by atoms with Crippen LogP contribution in [0.3, 0.4) is 0 Å². The van der Waals surface area contributed by atoms with Crippen LogP contribution in [0.15, 0.2) is 66.9 Å². The van der Waals surface area contributed by atoms with Gasteiger partial charge in [0.2, 0.25) is 5.91 Å². The van der Waals surface area contributed by atoms with Crippen LogP contribution in [0.2, 0.25) is 0 Å². The number of amides is 2. The molecule has 2 aromatic carbocycles. The maximum absolute atomic E-state index is 13.7. The van der Waals surface area contributed by atoms with Gasteiger partial charge in [-0.05, 0) is 30.9 Å². The van der Waals surface area contributed by atoms with Crippen molar-refractivity contribution in [2.75, 3.05) is 19.6 Å². The normalized spacial score (nSPS) is 23.3. The quantitative estimate of drug-likeness (QED) is 0.614. The highest BCUT2D eigenvalue weighted by atomic mass is 16.2. The fourth-order valence-corrected chi connectivity index (χ4v) is 5.24. The third-order valence-corrected chi connectivity index (χ3v) is 7.18. The molecule has 3 heterocycles. The lowest BCUT2D eigenvalue weighted by Crippen LogP contribution is -2.47. The lowest BCUT2D eigenvalue weighted by Gasteiger charge is -2.27. The van der Waals surface area contributed by atoms with E-state index in [1.165, 1.54) is 5.56 Å². The van der Waals surface area contributed by atoms with E-state index in [0.717, 1.165) is 12.0 Å². The summed E-state index contributed by atoms with van der Waals surface area (Å²) in [4.78, 5) is 38.2. The minimum Gasteiger partial charge on any atom is -0.340 e. The lowest BCUT2D eigenvalue weighted by atomic mass is 9.96. The molecular weight excluding hydrogens is 426 g/mol. The predicted octanol–water partition coefficient (Wildman–Crippen LogP) is 3.44. The zero-order valence-electron chi connectivity index (χ0n) is 19.4. The third-order valence-electron chi connectivity index (χ3n) is 7.18. The first-order chi connectivity index (χ1) is 16.5.